The van der Waals surface area contributed by atoms with E-state index in [9.17, 15) is 0 Å². The van der Waals surface area contributed by atoms with Crippen LogP contribution in [0.15, 0.2) is 170 Å². The Bertz CT molecular complexity index is 1960. The molecule has 0 amide bonds. The Morgan fingerprint density at radius 1 is 0.349 bits per heavy atom. The SMILES string of the molecule is c1ccc(N(c2ccccc2)c2cccc3c2Oc2ccc(N(c4ccccc4)c4ccccc4)c4cccc-3c24)cc1. The van der Waals surface area contributed by atoms with Crippen LogP contribution in [0, 0.1) is 0 Å². The van der Waals surface area contributed by atoms with Crippen LogP contribution in [0.2, 0.25) is 0 Å². The lowest BCUT2D eigenvalue weighted by Crippen LogP contribution is -2.13. The molecule has 0 aliphatic carbocycles. The largest absolute Gasteiger partial charge is 0.454 e. The Morgan fingerprint density at radius 2 is 0.814 bits per heavy atom. The van der Waals surface area contributed by atoms with E-state index in [1.165, 1.54) is 5.56 Å². The smallest absolute Gasteiger partial charge is 0.159 e. The van der Waals surface area contributed by atoms with Gasteiger partial charge in [0.15, 0.2) is 5.75 Å². The van der Waals surface area contributed by atoms with Crippen molar-refractivity contribution in [2.75, 3.05) is 9.80 Å². The topological polar surface area (TPSA) is 15.7 Å². The van der Waals surface area contributed by atoms with Crippen LogP contribution >= 0.6 is 0 Å². The van der Waals surface area contributed by atoms with Gasteiger partial charge in [-0.1, -0.05) is 103 Å². The van der Waals surface area contributed by atoms with E-state index in [2.05, 4.69) is 168 Å². The summed E-state index contributed by atoms with van der Waals surface area (Å²) in [7, 11) is 0. The Labute approximate surface area is 251 Å². The van der Waals surface area contributed by atoms with Gasteiger partial charge in [0.1, 0.15) is 5.75 Å². The fourth-order valence-electron chi connectivity index (χ4n) is 6.16. The number of rotatable bonds is 6. The molecule has 204 valence electrons. The van der Waals surface area contributed by atoms with Crippen LogP contribution in [0.3, 0.4) is 0 Å². The van der Waals surface area contributed by atoms with Crippen molar-refractivity contribution in [3.8, 4) is 22.6 Å². The molecule has 3 heteroatoms. The zero-order chi connectivity index (χ0) is 28.6. The van der Waals surface area contributed by atoms with E-state index in [0.29, 0.717) is 0 Å². The maximum absolute atomic E-state index is 6.89. The van der Waals surface area contributed by atoms with E-state index in [-0.39, 0.29) is 0 Å². The monoisotopic (exact) mass is 552 g/mol. The summed E-state index contributed by atoms with van der Waals surface area (Å²) in [5, 5.41) is 2.26. The van der Waals surface area contributed by atoms with Gasteiger partial charge in [-0.15, -0.1) is 0 Å². The highest BCUT2D eigenvalue weighted by molar-refractivity contribution is 6.11. The molecule has 0 spiro atoms. The minimum absolute atomic E-state index is 0.853. The van der Waals surface area contributed by atoms with Gasteiger partial charge in [-0.05, 0) is 72.3 Å². The van der Waals surface area contributed by atoms with Crippen molar-refractivity contribution in [2.24, 2.45) is 0 Å². The lowest BCUT2D eigenvalue weighted by atomic mass is 9.92. The number of anilines is 6. The third-order valence-corrected chi connectivity index (χ3v) is 8.02. The van der Waals surface area contributed by atoms with Gasteiger partial charge in [0.2, 0.25) is 0 Å². The highest BCUT2D eigenvalue weighted by Crippen LogP contribution is 2.54. The summed E-state index contributed by atoms with van der Waals surface area (Å²) in [6, 6.07) is 59.3. The Morgan fingerprint density at radius 3 is 1.35 bits per heavy atom. The van der Waals surface area contributed by atoms with Gasteiger partial charge < -0.3 is 14.5 Å². The molecule has 8 rings (SSSR count). The third kappa shape index (κ3) is 4.30. The predicted octanol–water partition coefficient (Wildman–Crippen LogP) is 11.6. The highest BCUT2D eigenvalue weighted by Gasteiger charge is 2.28. The van der Waals surface area contributed by atoms with Crippen LogP contribution in [-0.2, 0) is 0 Å². The van der Waals surface area contributed by atoms with Crippen molar-refractivity contribution in [1.82, 2.24) is 0 Å². The molecule has 0 aromatic heterocycles. The summed E-state index contributed by atoms with van der Waals surface area (Å²) in [5.74, 6) is 1.71. The molecule has 0 N–H and O–H groups in total. The van der Waals surface area contributed by atoms with Gasteiger partial charge in [-0.25, -0.2) is 0 Å². The Hall–Kier alpha value is -5.80. The van der Waals surface area contributed by atoms with E-state index >= 15 is 0 Å². The number of benzene rings is 7. The number of ether oxygens (including phenoxy) is 1. The van der Waals surface area contributed by atoms with Gasteiger partial charge in [0, 0.05) is 39.1 Å². The summed E-state index contributed by atoms with van der Waals surface area (Å²) >= 11 is 0. The predicted molar refractivity (Wildman–Crippen MR) is 179 cm³/mol. The summed E-state index contributed by atoms with van der Waals surface area (Å²) in [6.45, 7) is 0. The zero-order valence-corrected chi connectivity index (χ0v) is 23.5. The van der Waals surface area contributed by atoms with Crippen molar-refractivity contribution in [2.45, 2.75) is 0 Å². The molecule has 43 heavy (non-hydrogen) atoms. The van der Waals surface area contributed by atoms with Crippen molar-refractivity contribution in [3.63, 3.8) is 0 Å². The van der Waals surface area contributed by atoms with Crippen molar-refractivity contribution in [1.29, 1.82) is 0 Å². The fraction of sp³-hybridized carbons (Fsp3) is 0. The molecule has 1 aliphatic heterocycles. The molecule has 0 unspecified atom stereocenters. The molecule has 1 aliphatic rings. The van der Waals surface area contributed by atoms with Crippen LogP contribution < -0.4 is 14.5 Å². The second-order valence-electron chi connectivity index (χ2n) is 10.6. The van der Waals surface area contributed by atoms with E-state index in [1.54, 1.807) is 0 Å². The van der Waals surface area contributed by atoms with Gasteiger partial charge in [-0.2, -0.15) is 0 Å². The average molecular weight is 553 g/mol. The summed E-state index contributed by atoms with van der Waals surface area (Å²) in [5.41, 5.74) is 8.71. The standard InChI is InChI=1S/C40H28N2O/c1-5-15-29(16-6-1)41(30-17-7-2-8-18-30)36-27-28-38-39-33(23-13-25-35(36)39)34-24-14-26-37(40(34)43-38)42(31-19-9-3-10-20-31)32-21-11-4-12-22-32/h1-28H. The van der Waals surface area contributed by atoms with E-state index < -0.39 is 0 Å². The molecule has 0 atom stereocenters. The lowest BCUT2D eigenvalue weighted by Gasteiger charge is -2.32. The van der Waals surface area contributed by atoms with Crippen molar-refractivity contribution < 1.29 is 4.74 Å². The maximum Gasteiger partial charge on any atom is 0.159 e. The van der Waals surface area contributed by atoms with Crippen molar-refractivity contribution in [3.05, 3.63) is 170 Å². The summed E-state index contributed by atoms with van der Waals surface area (Å²) in [6.07, 6.45) is 0. The van der Waals surface area contributed by atoms with Crippen LogP contribution in [0.25, 0.3) is 21.9 Å². The molecule has 3 nitrogen and oxygen atoms in total. The second kappa shape index (κ2) is 10.6. The molecule has 7 aromatic carbocycles. The number of hydrogen-bond donors (Lipinski definition) is 0. The third-order valence-electron chi connectivity index (χ3n) is 8.02. The van der Waals surface area contributed by atoms with E-state index in [0.717, 1.165) is 62.0 Å². The molecular formula is C40H28N2O. The average Bonchev–Trinajstić information content (AvgIpc) is 3.08. The molecule has 7 aromatic rings. The first kappa shape index (κ1) is 25.0. The van der Waals surface area contributed by atoms with Crippen LogP contribution in [0.1, 0.15) is 0 Å². The quantitative estimate of drug-likeness (QED) is 0.204. The summed E-state index contributed by atoms with van der Waals surface area (Å²) < 4.78 is 6.89. The molecule has 0 radical (unpaired) electrons. The molecule has 0 saturated carbocycles. The fourth-order valence-corrected chi connectivity index (χ4v) is 6.16. The van der Waals surface area contributed by atoms with Crippen LogP contribution in [-0.4, -0.2) is 0 Å². The minimum atomic E-state index is 0.853. The molecular weight excluding hydrogens is 524 g/mol. The number of fused-ring (bicyclic) bond motifs is 2. The first-order valence-corrected chi connectivity index (χ1v) is 14.5. The Kier molecular flexibility index (Phi) is 6.12. The maximum atomic E-state index is 6.89. The zero-order valence-electron chi connectivity index (χ0n) is 23.5. The second-order valence-corrected chi connectivity index (χ2v) is 10.6. The first-order chi connectivity index (χ1) is 21.4. The van der Waals surface area contributed by atoms with Crippen LogP contribution in [0.5, 0.6) is 11.5 Å². The lowest BCUT2D eigenvalue weighted by molar-refractivity contribution is 0.488. The summed E-state index contributed by atoms with van der Waals surface area (Å²) in [4.78, 5) is 4.59. The van der Waals surface area contributed by atoms with E-state index in [4.69, 9.17) is 4.74 Å². The normalized spacial score (nSPS) is 11.4. The molecule has 0 fully saturated rings. The number of hydrogen-bond acceptors (Lipinski definition) is 3. The first-order valence-electron chi connectivity index (χ1n) is 14.5. The minimum Gasteiger partial charge on any atom is -0.454 e. The van der Waals surface area contributed by atoms with Gasteiger partial charge in [0.05, 0.1) is 11.4 Å². The molecule has 1 heterocycles. The van der Waals surface area contributed by atoms with Crippen LogP contribution in [0.4, 0.5) is 34.1 Å². The van der Waals surface area contributed by atoms with Gasteiger partial charge in [-0.3, -0.25) is 0 Å². The van der Waals surface area contributed by atoms with Crippen molar-refractivity contribution >= 4 is 44.9 Å². The van der Waals surface area contributed by atoms with E-state index in [1.807, 2.05) is 12.1 Å². The molecule has 0 bridgehead atoms. The Balaban J connectivity index is 1.34. The number of nitrogens with zero attached hydrogens (tertiary/aromatic N) is 2. The highest BCUT2D eigenvalue weighted by atomic mass is 16.5. The number of para-hydroxylation sites is 5. The molecule has 0 saturated heterocycles. The van der Waals surface area contributed by atoms with Gasteiger partial charge in [0.25, 0.3) is 0 Å². The van der Waals surface area contributed by atoms with Gasteiger partial charge >= 0.3 is 0 Å².